The van der Waals surface area contributed by atoms with Crippen molar-refractivity contribution < 1.29 is 38.9 Å². The summed E-state index contributed by atoms with van der Waals surface area (Å²) in [5.74, 6) is 0. The highest BCUT2D eigenvalue weighted by molar-refractivity contribution is 6.83. The zero-order valence-electron chi connectivity index (χ0n) is 30.1. The van der Waals surface area contributed by atoms with Crippen LogP contribution in [0.2, 0.25) is 24.2 Å². The van der Waals surface area contributed by atoms with Crippen LogP contribution in [0.15, 0.2) is 0 Å². The first-order valence-electron chi connectivity index (χ1n) is 16.8. The van der Waals surface area contributed by atoms with E-state index in [2.05, 4.69) is 21.3 Å². The maximum absolute atomic E-state index is 7.11. The monoisotopic (exact) mass is 750 g/mol. The first-order valence-corrected chi connectivity index (χ1v) is 24.5. The Kier molecular flexibility index (Phi) is 29.0. The van der Waals surface area contributed by atoms with Crippen molar-refractivity contribution >= 4 is 35.2 Å². The zero-order chi connectivity index (χ0) is 35.3. The maximum Gasteiger partial charge on any atom is 0.493 e. The fourth-order valence-electron chi connectivity index (χ4n) is 4.80. The quantitative estimate of drug-likeness (QED) is 0.0267. The van der Waals surface area contributed by atoms with E-state index < -0.39 is 35.2 Å². The minimum Gasteiger partial charge on any atom is -0.378 e. The second-order valence-electron chi connectivity index (χ2n) is 10.8. The topological polar surface area (TPSA) is 235 Å². The molecule has 0 aliphatic rings. The minimum absolute atomic E-state index is 0.457. The van der Waals surface area contributed by atoms with E-state index in [-0.39, 0.29) is 0 Å². The lowest BCUT2D eigenvalue weighted by atomic mass is 10.5. The normalized spacial score (nSPS) is 15.2. The van der Waals surface area contributed by atoms with Crippen LogP contribution in [0.4, 0.5) is 0 Å². The van der Waals surface area contributed by atoms with Gasteiger partial charge < -0.3 is 83.1 Å². The molecule has 0 radical (unpaired) electrons. The molecule has 0 spiro atoms. The molecule has 2 unspecified atom stereocenters. The standard InChI is InChI=1S/C26H70N8O9Si4/c1-35-44(36-2,23-7-15-31-19-11-27)41-46(39-5,25-9-17-33-21-13-29)43-47(40-6,26-10-18-34-22-14-30)42-45(37-3,38-4)24-8-16-32-20-12-28/h31-34H,7-30H2,1-6H3. The summed E-state index contributed by atoms with van der Waals surface area (Å²) in [4.78, 5) is 0. The first kappa shape index (κ1) is 47.2. The Morgan fingerprint density at radius 3 is 0.766 bits per heavy atom. The molecule has 0 aromatic carbocycles. The van der Waals surface area contributed by atoms with Gasteiger partial charge in [0.2, 0.25) is 0 Å². The van der Waals surface area contributed by atoms with E-state index in [4.69, 9.17) is 61.8 Å². The van der Waals surface area contributed by atoms with Gasteiger partial charge in [0.1, 0.15) is 0 Å². The molecule has 0 aromatic heterocycles. The molecule has 0 amide bonds. The third kappa shape index (κ3) is 19.4. The fraction of sp³-hybridized carbons (Fsp3) is 1.00. The van der Waals surface area contributed by atoms with Crippen molar-refractivity contribution in [2.24, 2.45) is 22.9 Å². The largest absolute Gasteiger partial charge is 0.493 e. The van der Waals surface area contributed by atoms with Crippen molar-refractivity contribution in [3.8, 4) is 0 Å². The molecular weight excluding hydrogens is 681 g/mol. The SMILES string of the molecule is CO[Si](CCCNCCN)(OC)O[Si](CCCNCCN)(OC)O[Si](CCCNCCN)(OC)O[Si](CCCNCCN)(OC)OC. The summed E-state index contributed by atoms with van der Waals surface area (Å²) in [6, 6.07) is 2.00. The molecule has 0 bridgehead atoms. The first-order chi connectivity index (χ1) is 22.7. The van der Waals surface area contributed by atoms with Gasteiger partial charge in [0.25, 0.3) is 0 Å². The summed E-state index contributed by atoms with van der Waals surface area (Å²) < 4.78 is 57.7. The van der Waals surface area contributed by atoms with Gasteiger partial charge in [-0.1, -0.05) is 0 Å². The van der Waals surface area contributed by atoms with Gasteiger partial charge in [-0.2, -0.15) is 0 Å². The highest BCUT2D eigenvalue weighted by atomic mass is 28.5. The maximum atomic E-state index is 7.11. The predicted molar refractivity (Wildman–Crippen MR) is 194 cm³/mol. The van der Waals surface area contributed by atoms with E-state index in [1.54, 1.807) is 42.7 Å². The van der Waals surface area contributed by atoms with E-state index in [0.29, 0.717) is 89.4 Å². The second-order valence-corrected chi connectivity index (χ2v) is 23.2. The molecule has 284 valence electrons. The molecule has 21 heteroatoms. The molecule has 0 aliphatic carbocycles. The van der Waals surface area contributed by atoms with Crippen LogP contribution in [0.3, 0.4) is 0 Å². The lowest BCUT2D eigenvalue weighted by Crippen LogP contribution is -2.66. The van der Waals surface area contributed by atoms with Gasteiger partial charge in [0.15, 0.2) is 0 Å². The Hall–Kier alpha value is 0.188. The summed E-state index contributed by atoms with van der Waals surface area (Å²) in [7, 11) is -4.22. The molecule has 0 heterocycles. The van der Waals surface area contributed by atoms with E-state index in [0.717, 1.165) is 39.0 Å². The lowest BCUT2D eigenvalue weighted by Gasteiger charge is -2.43. The van der Waals surface area contributed by atoms with Gasteiger partial charge in [0, 0.05) is 119 Å². The summed E-state index contributed by atoms with van der Waals surface area (Å²) in [6.45, 7) is 7.87. The number of hydrogen-bond acceptors (Lipinski definition) is 17. The Morgan fingerprint density at radius 2 is 0.553 bits per heavy atom. The van der Waals surface area contributed by atoms with Crippen LogP contribution in [0.5, 0.6) is 0 Å². The Balaban J connectivity index is 6.60. The molecule has 0 rings (SSSR count). The van der Waals surface area contributed by atoms with E-state index in [9.17, 15) is 0 Å². The number of nitrogens with one attached hydrogen (secondary N) is 4. The van der Waals surface area contributed by atoms with Crippen LogP contribution in [0.1, 0.15) is 25.7 Å². The Labute approximate surface area is 288 Å². The van der Waals surface area contributed by atoms with Crippen molar-refractivity contribution in [2.45, 2.75) is 49.9 Å². The van der Waals surface area contributed by atoms with Crippen LogP contribution in [0.25, 0.3) is 0 Å². The third-order valence-corrected chi connectivity index (χ3v) is 22.5. The molecule has 12 N–H and O–H groups in total. The minimum atomic E-state index is -3.63. The van der Waals surface area contributed by atoms with Gasteiger partial charge in [-0.25, -0.2) is 0 Å². The second kappa shape index (κ2) is 28.8. The molecule has 0 aliphatic heterocycles. The zero-order valence-corrected chi connectivity index (χ0v) is 34.1. The molecule has 0 saturated heterocycles. The average molecular weight is 751 g/mol. The van der Waals surface area contributed by atoms with E-state index in [1.807, 2.05) is 0 Å². The van der Waals surface area contributed by atoms with Crippen molar-refractivity contribution in [2.75, 3.05) is 121 Å². The van der Waals surface area contributed by atoms with Gasteiger partial charge in [-0.05, 0) is 51.9 Å². The molecule has 17 nitrogen and oxygen atoms in total. The molecule has 0 fully saturated rings. The molecule has 0 aromatic rings. The van der Waals surface area contributed by atoms with Crippen LogP contribution >= 0.6 is 0 Å². The average Bonchev–Trinajstić information content (AvgIpc) is 3.10. The number of nitrogens with two attached hydrogens (primary N) is 4. The Morgan fingerprint density at radius 1 is 0.340 bits per heavy atom. The fourth-order valence-corrected chi connectivity index (χ4v) is 20.7. The summed E-state index contributed by atoms with van der Waals surface area (Å²) in [5, 5.41) is 13.3. The number of rotatable bonds is 36. The van der Waals surface area contributed by atoms with Gasteiger partial charge in [0.05, 0.1) is 0 Å². The van der Waals surface area contributed by atoms with Crippen LogP contribution in [-0.4, -0.2) is 156 Å². The van der Waals surface area contributed by atoms with Crippen LogP contribution in [0, 0.1) is 0 Å². The molecule has 47 heavy (non-hydrogen) atoms. The van der Waals surface area contributed by atoms with E-state index in [1.165, 1.54) is 0 Å². The highest BCUT2D eigenvalue weighted by Gasteiger charge is 2.61. The summed E-state index contributed by atoms with van der Waals surface area (Å²) in [6.07, 6.45) is 2.87. The smallest absolute Gasteiger partial charge is 0.378 e. The van der Waals surface area contributed by atoms with Gasteiger partial charge in [-0.15, -0.1) is 0 Å². The van der Waals surface area contributed by atoms with Gasteiger partial charge in [-0.3, -0.25) is 0 Å². The predicted octanol–water partition coefficient (Wildman–Crippen LogP) is -1.58. The van der Waals surface area contributed by atoms with Gasteiger partial charge >= 0.3 is 35.2 Å². The highest BCUT2D eigenvalue weighted by Crippen LogP contribution is 2.34. The number of hydrogen-bond donors (Lipinski definition) is 8. The van der Waals surface area contributed by atoms with Crippen molar-refractivity contribution in [3.05, 3.63) is 0 Å². The lowest BCUT2D eigenvalue weighted by molar-refractivity contribution is 0.0605. The Bertz CT molecular complexity index is 675. The summed E-state index contributed by atoms with van der Waals surface area (Å²) in [5.41, 5.74) is 22.7. The summed E-state index contributed by atoms with van der Waals surface area (Å²) >= 11 is 0. The van der Waals surface area contributed by atoms with Crippen molar-refractivity contribution in [3.63, 3.8) is 0 Å². The van der Waals surface area contributed by atoms with E-state index >= 15 is 0 Å². The van der Waals surface area contributed by atoms with Crippen LogP contribution < -0.4 is 44.2 Å². The van der Waals surface area contributed by atoms with Crippen LogP contribution in [-0.2, 0) is 38.9 Å². The molecular formula is C26H70N8O9Si4. The van der Waals surface area contributed by atoms with Crippen molar-refractivity contribution in [1.29, 1.82) is 0 Å². The van der Waals surface area contributed by atoms with Crippen molar-refractivity contribution in [1.82, 2.24) is 21.3 Å². The molecule has 0 saturated carbocycles. The third-order valence-electron chi connectivity index (χ3n) is 7.43. The molecule has 2 atom stereocenters.